The first-order valence-corrected chi connectivity index (χ1v) is 5.39. The van der Waals surface area contributed by atoms with Gasteiger partial charge in [-0.3, -0.25) is 4.40 Å². The minimum absolute atomic E-state index is 0.00240. The molecule has 0 atom stereocenters. The normalized spacial score (nSPS) is 10.6. The van der Waals surface area contributed by atoms with E-state index in [1.54, 1.807) is 12.1 Å². The third-order valence-electron chi connectivity index (χ3n) is 2.70. The minimum Gasteiger partial charge on any atom is -0.281 e. The molecule has 2 aromatic heterocycles. The van der Waals surface area contributed by atoms with E-state index in [1.165, 1.54) is 10.6 Å². The van der Waals surface area contributed by atoms with Crippen molar-refractivity contribution in [1.82, 2.24) is 14.6 Å². The van der Waals surface area contributed by atoms with E-state index >= 15 is 0 Å². The lowest BCUT2D eigenvalue weighted by Gasteiger charge is -2.02. The van der Waals surface area contributed by atoms with Gasteiger partial charge in [-0.15, -0.1) is 10.2 Å². The van der Waals surface area contributed by atoms with Crippen LogP contribution < -0.4 is 0 Å². The minimum atomic E-state index is -0.599. The van der Waals surface area contributed by atoms with Crippen LogP contribution in [0.4, 0.5) is 8.78 Å². The topological polar surface area (TPSA) is 54.0 Å². The van der Waals surface area contributed by atoms with Crippen molar-refractivity contribution < 1.29 is 8.78 Å². The van der Waals surface area contributed by atoms with E-state index in [-0.39, 0.29) is 11.4 Å². The summed E-state index contributed by atoms with van der Waals surface area (Å²) >= 11 is 0. The summed E-state index contributed by atoms with van der Waals surface area (Å²) in [5.74, 6) is -1.01. The highest BCUT2D eigenvalue weighted by Gasteiger charge is 2.13. The van der Waals surface area contributed by atoms with E-state index in [0.29, 0.717) is 11.2 Å². The molecule has 3 rings (SSSR count). The third-order valence-corrected chi connectivity index (χ3v) is 2.70. The van der Waals surface area contributed by atoms with Crippen LogP contribution >= 0.6 is 0 Å². The summed E-state index contributed by atoms with van der Waals surface area (Å²) in [6.45, 7) is 0. The van der Waals surface area contributed by atoms with Gasteiger partial charge in [0.25, 0.3) is 0 Å². The molecular formula is C13H6F2N4. The number of halogens is 2. The summed E-state index contributed by atoms with van der Waals surface area (Å²) < 4.78 is 28.4. The first-order chi connectivity index (χ1) is 9.19. The average Bonchev–Trinajstić information content (AvgIpc) is 2.84. The van der Waals surface area contributed by atoms with Crippen molar-refractivity contribution in [3.8, 4) is 17.5 Å². The lowest BCUT2D eigenvalue weighted by atomic mass is 10.2. The molecule has 0 amide bonds. The molecule has 0 N–H and O–H groups in total. The molecule has 0 radical (unpaired) electrons. The van der Waals surface area contributed by atoms with Crippen LogP contribution in [0.1, 0.15) is 5.56 Å². The molecule has 4 nitrogen and oxygen atoms in total. The number of rotatable bonds is 1. The van der Waals surface area contributed by atoms with Crippen molar-refractivity contribution in [1.29, 1.82) is 5.26 Å². The van der Waals surface area contributed by atoms with E-state index in [0.717, 1.165) is 18.2 Å². The second-order valence-electron chi connectivity index (χ2n) is 3.91. The van der Waals surface area contributed by atoms with Crippen LogP contribution in [-0.2, 0) is 0 Å². The fourth-order valence-corrected chi connectivity index (χ4v) is 1.81. The highest BCUT2D eigenvalue weighted by atomic mass is 19.1. The monoisotopic (exact) mass is 256 g/mol. The van der Waals surface area contributed by atoms with Gasteiger partial charge >= 0.3 is 0 Å². The number of pyridine rings is 1. The zero-order valence-corrected chi connectivity index (χ0v) is 9.51. The number of hydrogen-bond donors (Lipinski definition) is 0. The quantitative estimate of drug-likeness (QED) is 0.672. The summed E-state index contributed by atoms with van der Waals surface area (Å²) in [6.07, 6.45) is 1.48. The van der Waals surface area contributed by atoms with E-state index in [1.807, 2.05) is 6.07 Å². The van der Waals surface area contributed by atoms with Gasteiger partial charge in [-0.05, 0) is 30.3 Å². The van der Waals surface area contributed by atoms with Crippen molar-refractivity contribution in [2.24, 2.45) is 0 Å². The Labute approximate surface area is 106 Å². The smallest absolute Gasteiger partial charge is 0.171 e. The summed E-state index contributed by atoms with van der Waals surface area (Å²) in [5.41, 5.74) is 0.839. The first-order valence-electron chi connectivity index (χ1n) is 5.39. The molecule has 3 aromatic rings. The number of nitrogens with zero attached hydrogens (tertiary/aromatic N) is 4. The molecule has 0 aliphatic rings. The van der Waals surface area contributed by atoms with Crippen LogP contribution in [0.3, 0.4) is 0 Å². The van der Waals surface area contributed by atoms with Crippen molar-refractivity contribution in [2.75, 3.05) is 0 Å². The standard InChI is InChI=1S/C13H6F2N4/c14-9-2-3-11(15)10(5-9)13-18-17-12-4-1-8(6-16)7-19(12)13/h1-5,7H. The van der Waals surface area contributed by atoms with E-state index in [4.69, 9.17) is 5.26 Å². The van der Waals surface area contributed by atoms with Crippen LogP contribution in [0.5, 0.6) is 0 Å². The lowest BCUT2D eigenvalue weighted by molar-refractivity contribution is 0.602. The van der Waals surface area contributed by atoms with Gasteiger partial charge in [0.15, 0.2) is 11.5 Å². The Balaban J connectivity index is 2.31. The van der Waals surface area contributed by atoms with Gasteiger partial charge in [0.2, 0.25) is 0 Å². The highest BCUT2D eigenvalue weighted by molar-refractivity contribution is 5.60. The molecule has 1 aromatic carbocycles. The van der Waals surface area contributed by atoms with Crippen molar-refractivity contribution in [3.05, 3.63) is 53.7 Å². The molecule has 0 saturated carbocycles. The van der Waals surface area contributed by atoms with Gasteiger partial charge in [-0.2, -0.15) is 5.26 Å². The number of fused-ring (bicyclic) bond motifs is 1. The average molecular weight is 256 g/mol. The Kier molecular flexibility index (Phi) is 2.46. The van der Waals surface area contributed by atoms with Crippen molar-refractivity contribution in [3.63, 3.8) is 0 Å². The summed E-state index contributed by atoms with van der Waals surface area (Å²) in [4.78, 5) is 0. The van der Waals surface area contributed by atoms with Crippen LogP contribution in [-0.4, -0.2) is 14.6 Å². The predicted octanol–water partition coefficient (Wildman–Crippen LogP) is 2.55. The number of nitriles is 1. The maximum Gasteiger partial charge on any atom is 0.171 e. The Morgan fingerprint density at radius 2 is 1.95 bits per heavy atom. The first kappa shape index (κ1) is 11.3. The molecule has 0 aliphatic heterocycles. The summed E-state index contributed by atoms with van der Waals surface area (Å²) in [6, 6.07) is 8.24. The Hall–Kier alpha value is -2.81. The predicted molar refractivity (Wildman–Crippen MR) is 63.1 cm³/mol. The van der Waals surface area contributed by atoms with Gasteiger partial charge in [0.05, 0.1) is 11.1 Å². The van der Waals surface area contributed by atoms with E-state index < -0.39 is 11.6 Å². The molecule has 0 unspecified atom stereocenters. The Bertz CT molecular complexity index is 817. The maximum atomic E-state index is 13.7. The zero-order chi connectivity index (χ0) is 13.4. The molecule has 6 heteroatoms. The van der Waals surface area contributed by atoms with Crippen LogP contribution in [0.15, 0.2) is 36.5 Å². The maximum absolute atomic E-state index is 13.7. The molecule has 2 heterocycles. The number of aromatic nitrogens is 3. The highest BCUT2D eigenvalue weighted by Crippen LogP contribution is 2.22. The molecule has 0 saturated heterocycles. The van der Waals surface area contributed by atoms with Gasteiger partial charge in [-0.1, -0.05) is 0 Å². The molecule has 19 heavy (non-hydrogen) atoms. The zero-order valence-electron chi connectivity index (χ0n) is 9.51. The van der Waals surface area contributed by atoms with E-state index in [2.05, 4.69) is 10.2 Å². The van der Waals surface area contributed by atoms with Gasteiger partial charge < -0.3 is 0 Å². The van der Waals surface area contributed by atoms with Gasteiger partial charge in [-0.25, -0.2) is 8.78 Å². The van der Waals surface area contributed by atoms with Crippen molar-refractivity contribution >= 4 is 5.65 Å². The molecule has 0 aliphatic carbocycles. The van der Waals surface area contributed by atoms with Crippen LogP contribution in [0.25, 0.3) is 17.0 Å². The number of benzene rings is 1. The lowest BCUT2D eigenvalue weighted by Crippen LogP contribution is -1.94. The van der Waals surface area contributed by atoms with Crippen molar-refractivity contribution in [2.45, 2.75) is 0 Å². The Morgan fingerprint density at radius 3 is 2.74 bits per heavy atom. The summed E-state index contributed by atoms with van der Waals surface area (Å²) in [7, 11) is 0. The molecular weight excluding hydrogens is 250 g/mol. The van der Waals surface area contributed by atoms with Gasteiger partial charge in [0, 0.05) is 6.20 Å². The number of hydrogen-bond acceptors (Lipinski definition) is 3. The summed E-state index contributed by atoms with van der Waals surface area (Å²) in [5, 5.41) is 16.6. The van der Waals surface area contributed by atoms with Crippen LogP contribution in [0.2, 0.25) is 0 Å². The molecule has 0 fully saturated rings. The third kappa shape index (κ3) is 1.81. The second kappa shape index (κ2) is 4.14. The second-order valence-corrected chi connectivity index (χ2v) is 3.91. The fraction of sp³-hybridized carbons (Fsp3) is 0. The van der Waals surface area contributed by atoms with Crippen LogP contribution in [0, 0.1) is 23.0 Å². The van der Waals surface area contributed by atoms with Gasteiger partial charge in [0.1, 0.15) is 17.7 Å². The SMILES string of the molecule is N#Cc1ccc2nnc(-c3cc(F)ccc3F)n2c1. The molecule has 0 bridgehead atoms. The Morgan fingerprint density at radius 1 is 1.11 bits per heavy atom. The van der Waals surface area contributed by atoms with E-state index in [9.17, 15) is 8.78 Å². The molecule has 92 valence electrons. The molecule has 0 spiro atoms. The fourth-order valence-electron chi connectivity index (χ4n) is 1.81. The largest absolute Gasteiger partial charge is 0.281 e.